The largest absolute Gasteiger partial charge is 0.324 e. The van der Waals surface area contributed by atoms with Crippen molar-refractivity contribution in [3.05, 3.63) is 0 Å². The third-order valence-electron chi connectivity index (χ3n) is 1.60. The van der Waals surface area contributed by atoms with Crippen molar-refractivity contribution in [2.75, 3.05) is 25.2 Å². The van der Waals surface area contributed by atoms with Crippen LogP contribution >= 0.6 is 7.14 Å². The minimum absolute atomic E-state index is 0.190. The molecule has 0 aromatic rings. The molecule has 0 saturated heterocycles. The summed E-state index contributed by atoms with van der Waals surface area (Å²) >= 11 is 0. The van der Waals surface area contributed by atoms with E-state index in [1.165, 1.54) is 0 Å². The second-order valence-corrected chi connectivity index (χ2v) is 8.81. The van der Waals surface area contributed by atoms with E-state index in [4.69, 9.17) is 4.55 Å². The second-order valence-electron chi connectivity index (χ2n) is 3.64. The summed E-state index contributed by atoms with van der Waals surface area (Å²) < 4.78 is 40.2. The van der Waals surface area contributed by atoms with Gasteiger partial charge in [0.1, 0.15) is 0 Å². The summed E-state index contributed by atoms with van der Waals surface area (Å²) in [5.74, 6) is -0.190. The molecule has 0 rings (SSSR count). The number of rotatable bonds is 6. The maximum Gasteiger partial charge on any atom is 0.264 e. The van der Waals surface area contributed by atoms with Crippen LogP contribution in [0.4, 0.5) is 0 Å². The smallest absolute Gasteiger partial charge is 0.264 e. The molecule has 0 bridgehead atoms. The molecule has 0 aromatic heterocycles. The van der Waals surface area contributed by atoms with E-state index in [9.17, 15) is 13.0 Å². The van der Waals surface area contributed by atoms with Gasteiger partial charge in [0.15, 0.2) is 0 Å². The van der Waals surface area contributed by atoms with Crippen LogP contribution in [0, 0.1) is 0 Å². The van der Waals surface area contributed by atoms with Crippen molar-refractivity contribution in [3.63, 3.8) is 0 Å². The minimum atomic E-state index is -3.81. The lowest BCUT2D eigenvalue weighted by atomic mass is 10.3. The molecule has 1 N–H and O–H groups in total. The standard InChI is InChI=1S/C7H17O4PS/c1-12(2,8)6-4-3-5-7-13(9,10)11/h3-7H2,1-2H3,(H,9,10,11). The van der Waals surface area contributed by atoms with Crippen molar-refractivity contribution in [2.45, 2.75) is 19.3 Å². The van der Waals surface area contributed by atoms with Gasteiger partial charge in [0, 0.05) is 6.16 Å². The molecule has 0 heterocycles. The van der Waals surface area contributed by atoms with E-state index in [0.717, 1.165) is 6.42 Å². The first-order chi connectivity index (χ1) is 5.71. The van der Waals surface area contributed by atoms with Crippen molar-refractivity contribution < 1.29 is 17.5 Å². The Bertz CT molecular complexity index is 277. The molecular formula is C7H17O4PS. The summed E-state index contributed by atoms with van der Waals surface area (Å²) in [5.41, 5.74) is 0. The van der Waals surface area contributed by atoms with E-state index in [2.05, 4.69) is 0 Å². The molecule has 0 radical (unpaired) electrons. The summed E-state index contributed by atoms with van der Waals surface area (Å²) in [6, 6.07) is 0. The molecule has 4 nitrogen and oxygen atoms in total. The molecule has 0 fully saturated rings. The van der Waals surface area contributed by atoms with Gasteiger partial charge in [0.2, 0.25) is 0 Å². The Morgan fingerprint density at radius 1 is 1.15 bits per heavy atom. The highest BCUT2D eigenvalue weighted by atomic mass is 32.2. The van der Waals surface area contributed by atoms with Crippen LogP contribution in [0.5, 0.6) is 0 Å². The molecule has 0 spiro atoms. The molecule has 0 aliphatic rings. The van der Waals surface area contributed by atoms with Gasteiger partial charge in [0.25, 0.3) is 10.1 Å². The average Bonchev–Trinajstić information content (AvgIpc) is 1.81. The van der Waals surface area contributed by atoms with Gasteiger partial charge < -0.3 is 4.57 Å². The van der Waals surface area contributed by atoms with Gasteiger partial charge in [0.05, 0.1) is 12.9 Å². The minimum Gasteiger partial charge on any atom is -0.324 e. The first-order valence-electron chi connectivity index (χ1n) is 4.20. The molecule has 80 valence electrons. The molecule has 13 heavy (non-hydrogen) atoms. The lowest BCUT2D eigenvalue weighted by Crippen LogP contribution is -2.03. The fourth-order valence-electron chi connectivity index (χ4n) is 0.954. The Balaban J connectivity index is 3.44. The van der Waals surface area contributed by atoms with Crippen molar-refractivity contribution >= 4 is 17.3 Å². The van der Waals surface area contributed by atoms with Gasteiger partial charge in [-0.15, -0.1) is 0 Å². The zero-order chi connectivity index (χ0) is 10.5. The van der Waals surface area contributed by atoms with Gasteiger partial charge in [-0.25, -0.2) is 0 Å². The molecule has 6 heteroatoms. The van der Waals surface area contributed by atoms with Gasteiger partial charge in [-0.3, -0.25) is 4.55 Å². The number of hydrogen-bond donors (Lipinski definition) is 1. The van der Waals surface area contributed by atoms with Crippen LogP contribution in [0.1, 0.15) is 19.3 Å². The van der Waals surface area contributed by atoms with Gasteiger partial charge in [-0.1, -0.05) is 6.42 Å². The highest BCUT2D eigenvalue weighted by molar-refractivity contribution is 7.85. The number of unbranched alkanes of at least 4 members (excludes halogenated alkanes) is 2. The van der Waals surface area contributed by atoms with E-state index in [0.29, 0.717) is 19.0 Å². The summed E-state index contributed by atoms with van der Waals surface area (Å²) in [5, 5.41) is 0. The van der Waals surface area contributed by atoms with Crippen LogP contribution in [0.25, 0.3) is 0 Å². The van der Waals surface area contributed by atoms with Crippen LogP contribution in [-0.2, 0) is 14.7 Å². The van der Waals surface area contributed by atoms with Crippen molar-refractivity contribution in [1.29, 1.82) is 0 Å². The summed E-state index contributed by atoms with van der Waals surface area (Å²) in [6.07, 6.45) is 2.56. The fourth-order valence-corrected chi connectivity index (χ4v) is 2.51. The van der Waals surface area contributed by atoms with E-state index in [1.54, 1.807) is 13.3 Å². The Kier molecular flexibility index (Phi) is 5.18. The van der Waals surface area contributed by atoms with E-state index in [1.807, 2.05) is 0 Å². The highest BCUT2D eigenvalue weighted by Crippen LogP contribution is 2.36. The third-order valence-corrected chi connectivity index (χ3v) is 3.80. The van der Waals surface area contributed by atoms with Crippen LogP contribution in [0.2, 0.25) is 0 Å². The quantitative estimate of drug-likeness (QED) is 0.426. The molecule has 0 aliphatic heterocycles. The molecule has 0 saturated carbocycles. The molecule has 0 atom stereocenters. The van der Waals surface area contributed by atoms with Crippen molar-refractivity contribution in [2.24, 2.45) is 0 Å². The lowest BCUT2D eigenvalue weighted by molar-refractivity contribution is 0.480. The van der Waals surface area contributed by atoms with Crippen LogP contribution in [0.15, 0.2) is 0 Å². The first-order valence-corrected chi connectivity index (χ1v) is 8.59. The Hall–Kier alpha value is 0.140. The Labute approximate surface area is 79.8 Å². The van der Waals surface area contributed by atoms with Gasteiger partial charge in [-0.05, 0) is 26.2 Å². The SMILES string of the molecule is CP(C)(=O)CCCCCS(=O)(=O)O. The maximum atomic E-state index is 11.2. The van der Waals surface area contributed by atoms with Gasteiger partial charge in [-0.2, -0.15) is 8.42 Å². The van der Waals surface area contributed by atoms with Crippen LogP contribution in [-0.4, -0.2) is 38.2 Å². The summed E-state index contributed by atoms with van der Waals surface area (Å²) in [7, 11) is -5.77. The van der Waals surface area contributed by atoms with E-state index >= 15 is 0 Å². The van der Waals surface area contributed by atoms with Crippen LogP contribution in [0.3, 0.4) is 0 Å². The second kappa shape index (κ2) is 5.13. The van der Waals surface area contributed by atoms with Gasteiger partial charge >= 0.3 is 0 Å². The monoisotopic (exact) mass is 228 g/mol. The van der Waals surface area contributed by atoms with Crippen molar-refractivity contribution in [3.8, 4) is 0 Å². The first kappa shape index (κ1) is 13.1. The predicted molar refractivity (Wildman–Crippen MR) is 54.6 cm³/mol. The predicted octanol–water partition coefficient (Wildman–Crippen LogP) is 1.67. The molecule has 0 aromatic carbocycles. The molecule has 0 amide bonds. The van der Waals surface area contributed by atoms with E-state index in [-0.39, 0.29) is 5.75 Å². The molecule has 0 aliphatic carbocycles. The highest BCUT2D eigenvalue weighted by Gasteiger charge is 2.07. The maximum absolute atomic E-state index is 11.2. The average molecular weight is 228 g/mol. The Morgan fingerprint density at radius 2 is 1.69 bits per heavy atom. The van der Waals surface area contributed by atoms with Crippen molar-refractivity contribution in [1.82, 2.24) is 0 Å². The normalized spacial score (nSPS) is 13.2. The topological polar surface area (TPSA) is 71.4 Å². The summed E-state index contributed by atoms with van der Waals surface area (Å²) in [6.45, 7) is 3.44. The summed E-state index contributed by atoms with van der Waals surface area (Å²) in [4.78, 5) is 0. The molecular weight excluding hydrogens is 211 g/mol. The van der Waals surface area contributed by atoms with Crippen LogP contribution < -0.4 is 0 Å². The zero-order valence-corrected chi connectivity index (χ0v) is 9.77. The fraction of sp³-hybridized carbons (Fsp3) is 1.00. The number of hydrogen-bond acceptors (Lipinski definition) is 3. The third kappa shape index (κ3) is 12.1. The molecule has 0 unspecified atom stereocenters. The Morgan fingerprint density at radius 3 is 2.08 bits per heavy atom. The van der Waals surface area contributed by atoms with E-state index < -0.39 is 17.3 Å². The zero-order valence-electron chi connectivity index (χ0n) is 8.06. The lowest BCUT2D eigenvalue weighted by Gasteiger charge is -2.04.